The van der Waals surface area contributed by atoms with Crippen molar-refractivity contribution < 1.29 is 28.5 Å². The predicted octanol–water partition coefficient (Wildman–Crippen LogP) is 0.605. The molecule has 1 fully saturated rings. The van der Waals surface area contributed by atoms with Crippen molar-refractivity contribution in [3.8, 4) is 0 Å². The summed E-state index contributed by atoms with van der Waals surface area (Å²) in [6.07, 6.45) is 0.292. The highest BCUT2D eigenvalue weighted by Crippen LogP contribution is 2.34. The topological polar surface area (TPSA) is 96.8 Å². The fourth-order valence-corrected chi connectivity index (χ4v) is 2.14. The molecule has 114 valence electrons. The van der Waals surface area contributed by atoms with Crippen LogP contribution in [0.15, 0.2) is 6.33 Å². The molecule has 2 heterocycles. The van der Waals surface area contributed by atoms with Crippen LogP contribution in [0, 0.1) is 0 Å². The van der Waals surface area contributed by atoms with E-state index >= 15 is 0 Å². The van der Waals surface area contributed by atoms with E-state index in [9.17, 15) is 9.59 Å². The molecule has 1 aliphatic heterocycles. The van der Waals surface area contributed by atoms with Crippen LogP contribution >= 0.6 is 11.6 Å². The van der Waals surface area contributed by atoms with Gasteiger partial charge in [-0.2, -0.15) is 0 Å². The van der Waals surface area contributed by atoms with Crippen LogP contribution in [0.1, 0.15) is 23.5 Å². The molecule has 1 aromatic rings. The molecule has 0 N–H and O–H groups in total. The Morgan fingerprint density at radius 1 is 1.24 bits per heavy atom. The average Bonchev–Trinajstić information content (AvgIpc) is 3.01. The number of aromatic nitrogens is 2. The summed E-state index contributed by atoms with van der Waals surface area (Å²) in [5.74, 6) is -3.03. The second kappa shape index (κ2) is 6.79. The Kier molecular flexibility index (Phi) is 5.05. The van der Waals surface area contributed by atoms with Gasteiger partial charge in [0.2, 0.25) is 0 Å². The first-order valence-corrected chi connectivity index (χ1v) is 6.37. The Morgan fingerprint density at radius 3 is 2.33 bits per heavy atom. The fraction of sp³-hybridized carbons (Fsp3) is 0.500. The molecule has 0 radical (unpaired) electrons. The van der Waals surface area contributed by atoms with Crippen LogP contribution in [-0.2, 0) is 28.5 Å². The number of methoxy groups -OCH3 is 2. The van der Waals surface area contributed by atoms with Gasteiger partial charge in [-0.15, -0.1) is 0 Å². The van der Waals surface area contributed by atoms with Gasteiger partial charge in [0.05, 0.1) is 38.7 Å². The molecule has 0 amide bonds. The number of carbonyl (C=O) groups excluding carboxylic acids is 2. The Morgan fingerprint density at radius 2 is 1.81 bits per heavy atom. The number of esters is 2. The molecule has 9 heteroatoms. The minimum atomic E-state index is -1.39. The van der Waals surface area contributed by atoms with E-state index in [1.807, 2.05) is 0 Å². The van der Waals surface area contributed by atoms with Crippen LogP contribution in [0.2, 0.25) is 5.15 Å². The van der Waals surface area contributed by atoms with Crippen LogP contribution in [0.4, 0.5) is 0 Å². The lowest BCUT2D eigenvalue weighted by atomic mass is 10.0. The summed E-state index contributed by atoms with van der Waals surface area (Å²) in [5.41, 5.74) is 0.262. The maximum Gasteiger partial charge on any atom is 0.326 e. The van der Waals surface area contributed by atoms with Crippen molar-refractivity contribution >= 4 is 23.5 Å². The van der Waals surface area contributed by atoms with Crippen LogP contribution in [0.25, 0.3) is 0 Å². The zero-order chi connectivity index (χ0) is 15.4. The monoisotopic (exact) mass is 316 g/mol. The van der Waals surface area contributed by atoms with Crippen LogP contribution in [0.5, 0.6) is 0 Å². The largest absolute Gasteiger partial charge is 0.468 e. The van der Waals surface area contributed by atoms with Gasteiger partial charge < -0.3 is 18.9 Å². The number of carbonyl (C=O) groups is 2. The van der Waals surface area contributed by atoms with E-state index in [0.29, 0.717) is 13.2 Å². The lowest BCUT2D eigenvalue weighted by Gasteiger charge is -2.18. The highest BCUT2D eigenvalue weighted by Gasteiger charge is 2.38. The summed E-state index contributed by atoms with van der Waals surface area (Å²) in [4.78, 5) is 31.6. The average molecular weight is 317 g/mol. The van der Waals surface area contributed by atoms with Gasteiger partial charge in [0.25, 0.3) is 0 Å². The van der Waals surface area contributed by atoms with Gasteiger partial charge in [-0.05, 0) is 0 Å². The van der Waals surface area contributed by atoms with Crippen LogP contribution < -0.4 is 0 Å². The quantitative estimate of drug-likeness (QED) is 0.452. The highest BCUT2D eigenvalue weighted by molar-refractivity contribution is 6.30. The molecule has 0 spiro atoms. The number of hydrogen-bond acceptors (Lipinski definition) is 8. The Hall–Kier alpha value is -1.77. The molecular weight excluding hydrogens is 304 g/mol. The normalized spacial score (nSPS) is 15.2. The van der Waals surface area contributed by atoms with E-state index in [1.165, 1.54) is 0 Å². The van der Waals surface area contributed by atoms with Gasteiger partial charge >= 0.3 is 11.9 Å². The molecule has 0 unspecified atom stereocenters. The maximum absolute atomic E-state index is 11.9. The van der Waals surface area contributed by atoms with Crippen molar-refractivity contribution in [3.05, 3.63) is 22.7 Å². The standard InChI is InChI=1S/C12H13ClN2O6/c1-18-10(16)7(11(17)19-2)8-6(9(13)15-5-14-8)12-20-3-4-21-12/h5,7,12H,3-4H2,1-2H3. The van der Waals surface area contributed by atoms with Gasteiger partial charge in [-0.3, -0.25) is 9.59 Å². The molecule has 8 nitrogen and oxygen atoms in total. The first kappa shape index (κ1) is 15.6. The molecule has 21 heavy (non-hydrogen) atoms. The van der Waals surface area contributed by atoms with Crippen LogP contribution in [0.3, 0.4) is 0 Å². The van der Waals surface area contributed by atoms with E-state index in [0.717, 1.165) is 20.5 Å². The number of ether oxygens (including phenoxy) is 4. The number of hydrogen-bond donors (Lipinski definition) is 0. The summed E-state index contributed by atoms with van der Waals surface area (Å²) in [6.45, 7) is 0.715. The molecule has 0 aromatic carbocycles. The molecule has 1 saturated heterocycles. The lowest BCUT2D eigenvalue weighted by Crippen LogP contribution is -2.27. The van der Waals surface area contributed by atoms with Gasteiger partial charge in [-0.1, -0.05) is 11.6 Å². The van der Waals surface area contributed by atoms with E-state index in [1.54, 1.807) is 0 Å². The van der Waals surface area contributed by atoms with Crippen molar-refractivity contribution in [1.29, 1.82) is 0 Å². The predicted molar refractivity (Wildman–Crippen MR) is 68.5 cm³/mol. The summed E-state index contributed by atoms with van der Waals surface area (Å²) < 4.78 is 19.9. The smallest absolute Gasteiger partial charge is 0.326 e. The second-order valence-corrected chi connectivity index (χ2v) is 4.37. The Bertz CT molecular complexity index is 531. The van der Waals surface area contributed by atoms with E-state index in [2.05, 4.69) is 19.4 Å². The minimum absolute atomic E-state index is 0.0321. The summed E-state index contributed by atoms with van der Waals surface area (Å²) in [6, 6.07) is 0. The third kappa shape index (κ3) is 3.12. The maximum atomic E-state index is 11.9. The van der Waals surface area contributed by atoms with Crippen molar-refractivity contribution in [2.75, 3.05) is 27.4 Å². The molecule has 1 aliphatic rings. The third-order valence-corrected chi connectivity index (χ3v) is 3.17. The van der Waals surface area contributed by atoms with Crippen molar-refractivity contribution in [1.82, 2.24) is 9.97 Å². The third-order valence-electron chi connectivity index (χ3n) is 2.87. The summed E-state index contributed by atoms with van der Waals surface area (Å²) in [7, 11) is 2.31. The van der Waals surface area contributed by atoms with E-state index < -0.39 is 24.1 Å². The molecule has 1 aromatic heterocycles. The van der Waals surface area contributed by atoms with Crippen molar-refractivity contribution in [2.24, 2.45) is 0 Å². The van der Waals surface area contributed by atoms with Gasteiger partial charge in [0.15, 0.2) is 12.2 Å². The number of rotatable bonds is 4. The van der Waals surface area contributed by atoms with E-state index in [-0.39, 0.29) is 16.4 Å². The number of nitrogens with zero attached hydrogens (tertiary/aromatic N) is 2. The van der Waals surface area contributed by atoms with Crippen LogP contribution in [-0.4, -0.2) is 49.3 Å². The van der Waals surface area contributed by atoms with Gasteiger partial charge in [0, 0.05) is 0 Å². The summed E-state index contributed by atoms with van der Waals surface area (Å²) >= 11 is 6.03. The molecule has 2 rings (SSSR count). The van der Waals surface area contributed by atoms with Crippen molar-refractivity contribution in [3.63, 3.8) is 0 Å². The lowest BCUT2D eigenvalue weighted by molar-refractivity contribution is -0.154. The minimum Gasteiger partial charge on any atom is -0.468 e. The molecule has 0 saturated carbocycles. The zero-order valence-electron chi connectivity index (χ0n) is 11.4. The highest BCUT2D eigenvalue weighted by atomic mass is 35.5. The first-order valence-electron chi connectivity index (χ1n) is 5.99. The Balaban J connectivity index is 2.51. The Labute approximate surface area is 125 Å². The zero-order valence-corrected chi connectivity index (χ0v) is 12.1. The molecule has 0 atom stereocenters. The van der Waals surface area contributed by atoms with E-state index in [4.69, 9.17) is 21.1 Å². The van der Waals surface area contributed by atoms with Crippen molar-refractivity contribution in [2.45, 2.75) is 12.2 Å². The molecular formula is C12H13ClN2O6. The molecule has 0 aliphatic carbocycles. The summed E-state index contributed by atoms with van der Waals surface area (Å²) in [5, 5.41) is 0.0321. The number of halogens is 1. The fourth-order valence-electron chi connectivity index (χ4n) is 1.91. The second-order valence-electron chi connectivity index (χ2n) is 4.02. The molecule has 0 bridgehead atoms. The first-order chi connectivity index (χ1) is 10.1. The SMILES string of the molecule is COC(=O)C(C(=O)OC)c1ncnc(Cl)c1C1OCCO1. The van der Waals surface area contributed by atoms with Gasteiger partial charge in [0.1, 0.15) is 11.5 Å². The van der Waals surface area contributed by atoms with Gasteiger partial charge in [-0.25, -0.2) is 9.97 Å².